The number of hydrogen-bond acceptors (Lipinski definition) is 4. The fourth-order valence-electron chi connectivity index (χ4n) is 4.56. The largest absolute Gasteiger partial charge is 0.344 e. The molecule has 28 heavy (non-hydrogen) atoms. The molecule has 5 heteroatoms. The number of anilines is 1. The van der Waals surface area contributed by atoms with Crippen molar-refractivity contribution in [3.8, 4) is 6.07 Å². The maximum Gasteiger partial charge on any atom is 0.271 e. The minimum atomic E-state index is -0.538. The monoisotopic (exact) mass is 373 g/mol. The highest BCUT2D eigenvalue weighted by Crippen LogP contribution is 2.51. The van der Waals surface area contributed by atoms with Crippen molar-refractivity contribution in [3.05, 3.63) is 63.9 Å². The number of nitriles is 1. The van der Waals surface area contributed by atoms with Gasteiger partial charge in [-0.05, 0) is 48.6 Å². The number of nitrogens with zero attached hydrogens (tertiary/aromatic N) is 3. The van der Waals surface area contributed by atoms with Gasteiger partial charge in [0.05, 0.1) is 0 Å². The number of aryl methyl sites for hydroxylation is 1. The second-order valence-corrected chi connectivity index (χ2v) is 8.11. The Hall–Kier alpha value is -3.13. The van der Waals surface area contributed by atoms with Gasteiger partial charge in [-0.25, -0.2) is 0 Å². The van der Waals surface area contributed by atoms with E-state index >= 15 is 0 Å². The van der Waals surface area contributed by atoms with Crippen molar-refractivity contribution >= 4 is 17.5 Å². The van der Waals surface area contributed by atoms with Gasteiger partial charge >= 0.3 is 0 Å². The van der Waals surface area contributed by atoms with E-state index in [4.69, 9.17) is 0 Å². The van der Waals surface area contributed by atoms with Crippen molar-refractivity contribution in [1.82, 2.24) is 4.90 Å². The summed E-state index contributed by atoms with van der Waals surface area (Å²) >= 11 is 0. The Bertz CT molecular complexity index is 1050. The Morgan fingerprint density at radius 2 is 1.93 bits per heavy atom. The number of rotatable bonds is 1. The summed E-state index contributed by atoms with van der Waals surface area (Å²) in [6.07, 6.45) is 5.94. The molecule has 142 valence electrons. The molecule has 0 aliphatic carbocycles. The third-order valence-electron chi connectivity index (χ3n) is 6.17. The van der Waals surface area contributed by atoms with E-state index < -0.39 is 5.91 Å². The fourth-order valence-corrected chi connectivity index (χ4v) is 4.56. The van der Waals surface area contributed by atoms with Gasteiger partial charge in [-0.1, -0.05) is 32.0 Å². The number of amides is 2. The summed E-state index contributed by atoms with van der Waals surface area (Å²) in [5.74, 6) is -0.907. The lowest BCUT2D eigenvalue weighted by atomic mass is 9.83. The van der Waals surface area contributed by atoms with E-state index in [0.717, 1.165) is 30.0 Å². The van der Waals surface area contributed by atoms with Gasteiger partial charge in [0.1, 0.15) is 11.6 Å². The molecule has 0 spiro atoms. The Labute approximate surface area is 165 Å². The standard InChI is InChI=1S/C23H23N3O2/c1-14-16(21(27)25(4)22(28)17(14)13-24)10-11-19-23(2,3)18-9-5-7-15-8-6-12-26(19)20(15)18/h5,7,9-11H,6,8,12H2,1-4H3. The first kappa shape index (κ1) is 18.2. The van der Waals surface area contributed by atoms with Crippen LogP contribution in [0.4, 0.5) is 5.69 Å². The van der Waals surface area contributed by atoms with Crippen LogP contribution in [0.25, 0.3) is 0 Å². The van der Waals surface area contributed by atoms with Crippen LogP contribution in [-0.2, 0) is 21.4 Å². The molecule has 0 bridgehead atoms. The van der Waals surface area contributed by atoms with Crippen LogP contribution in [0.2, 0.25) is 0 Å². The van der Waals surface area contributed by atoms with Crippen LogP contribution in [0.5, 0.6) is 0 Å². The Morgan fingerprint density at radius 1 is 1.18 bits per heavy atom. The van der Waals surface area contributed by atoms with Gasteiger partial charge in [-0.3, -0.25) is 14.5 Å². The smallest absolute Gasteiger partial charge is 0.271 e. The van der Waals surface area contributed by atoms with Crippen LogP contribution in [0.3, 0.4) is 0 Å². The lowest BCUT2D eigenvalue weighted by molar-refractivity contribution is -0.138. The molecule has 1 aromatic rings. The zero-order chi connectivity index (χ0) is 20.2. The number of allylic oxidation sites excluding steroid dienone is 3. The summed E-state index contributed by atoms with van der Waals surface area (Å²) < 4.78 is 0. The van der Waals surface area contributed by atoms with Gasteiger partial charge in [-0.15, -0.1) is 0 Å². The molecule has 1 aromatic carbocycles. The Balaban J connectivity index is 1.85. The molecule has 0 radical (unpaired) electrons. The van der Waals surface area contributed by atoms with E-state index in [0.29, 0.717) is 11.1 Å². The quantitative estimate of drug-likeness (QED) is 0.559. The van der Waals surface area contributed by atoms with Gasteiger partial charge < -0.3 is 4.90 Å². The van der Waals surface area contributed by atoms with Crippen molar-refractivity contribution in [2.24, 2.45) is 0 Å². The third-order valence-corrected chi connectivity index (χ3v) is 6.17. The predicted molar refractivity (Wildman–Crippen MR) is 107 cm³/mol. The number of para-hydroxylation sites is 1. The molecule has 3 aliphatic rings. The summed E-state index contributed by atoms with van der Waals surface area (Å²) in [7, 11) is 1.42. The van der Waals surface area contributed by atoms with E-state index in [1.807, 2.05) is 12.1 Å². The highest BCUT2D eigenvalue weighted by molar-refractivity contribution is 6.17. The average molecular weight is 373 g/mol. The zero-order valence-corrected chi connectivity index (χ0v) is 16.7. The molecule has 0 aromatic heterocycles. The van der Waals surface area contributed by atoms with Crippen LogP contribution < -0.4 is 4.90 Å². The summed E-state index contributed by atoms with van der Waals surface area (Å²) in [6.45, 7) is 7.02. The molecule has 5 nitrogen and oxygen atoms in total. The average Bonchev–Trinajstić information content (AvgIpc) is 2.90. The van der Waals surface area contributed by atoms with Crippen molar-refractivity contribution in [1.29, 1.82) is 5.26 Å². The van der Waals surface area contributed by atoms with Crippen molar-refractivity contribution < 1.29 is 9.59 Å². The summed E-state index contributed by atoms with van der Waals surface area (Å²) in [5, 5.41) is 9.34. The maximum atomic E-state index is 12.7. The van der Waals surface area contributed by atoms with E-state index in [2.05, 4.69) is 36.9 Å². The first-order valence-electron chi connectivity index (χ1n) is 9.55. The highest BCUT2D eigenvalue weighted by atomic mass is 16.2. The number of likely N-dealkylation sites (N-methyl/N-ethyl adjacent to an activating group) is 1. The molecule has 3 aliphatic heterocycles. The molecule has 0 atom stereocenters. The predicted octanol–water partition coefficient (Wildman–Crippen LogP) is 3.38. The van der Waals surface area contributed by atoms with Crippen LogP contribution >= 0.6 is 0 Å². The summed E-state index contributed by atoms with van der Waals surface area (Å²) in [5.41, 5.74) is 5.81. The SMILES string of the molecule is CC1=C(C#N)C(=O)N(C)C(=O)C1=CC=C1N2CCCc3cccc(c32)C1(C)C. The highest BCUT2D eigenvalue weighted by Gasteiger charge is 2.42. The second-order valence-electron chi connectivity index (χ2n) is 8.11. The molecule has 3 heterocycles. The first-order valence-corrected chi connectivity index (χ1v) is 9.55. The maximum absolute atomic E-state index is 12.7. The van der Waals surface area contributed by atoms with E-state index in [-0.39, 0.29) is 16.9 Å². The van der Waals surface area contributed by atoms with Crippen LogP contribution in [0.1, 0.15) is 38.3 Å². The second kappa shape index (κ2) is 6.20. The van der Waals surface area contributed by atoms with E-state index in [9.17, 15) is 14.9 Å². The lowest BCUT2D eigenvalue weighted by Gasteiger charge is -2.30. The number of hydrogen-bond donors (Lipinski definition) is 0. The van der Waals surface area contributed by atoms with Gasteiger partial charge in [0.15, 0.2) is 0 Å². The Morgan fingerprint density at radius 3 is 2.64 bits per heavy atom. The van der Waals surface area contributed by atoms with E-state index in [1.165, 1.54) is 23.9 Å². The molecule has 0 fully saturated rings. The van der Waals surface area contributed by atoms with Crippen molar-refractivity contribution in [2.75, 3.05) is 18.5 Å². The molecule has 2 amide bonds. The van der Waals surface area contributed by atoms with Crippen molar-refractivity contribution in [3.63, 3.8) is 0 Å². The summed E-state index contributed by atoms with van der Waals surface area (Å²) in [6, 6.07) is 8.44. The number of carbonyl (C=O) groups is 2. The van der Waals surface area contributed by atoms with E-state index in [1.54, 1.807) is 13.0 Å². The number of carbonyl (C=O) groups excluding carboxylic acids is 2. The zero-order valence-electron chi connectivity index (χ0n) is 16.7. The van der Waals surface area contributed by atoms with Crippen LogP contribution in [0.15, 0.2) is 52.8 Å². The molecular weight excluding hydrogens is 350 g/mol. The molecular formula is C23H23N3O2. The normalized spacial score (nSPS) is 23.5. The molecule has 0 unspecified atom stereocenters. The fraction of sp³-hybridized carbons (Fsp3) is 0.348. The number of benzene rings is 1. The molecule has 0 N–H and O–H groups in total. The molecule has 4 rings (SSSR count). The summed E-state index contributed by atoms with van der Waals surface area (Å²) in [4.78, 5) is 28.2. The lowest BCUT2D eigenvalue weighted by Crippen LogP contribution is -2.39. The van der Waals surface area contributed by atoms with Gasteiger partial charge in [0, 0.05) is 36.0 Å². The van der Waals surface area contributed by atoms with Gasteiger partial charge in [-0.2, -0.15) is 5.26 Å². The molecule has 0 saturated carbocycles. The third kappa shape index (κ3) is 2.37. The van der Waals surface area contributed by atoms with Crippen LogP contribution in [-0.4, -0.2) is 30.3 Å². The topological polar surface area (TPSA) is 64.4 Å². The van der Waals surface area contributed by atoms with Crippen molar-refractivity contribution in [2.45, 2.75) is 39.0 Å². The van der Waals surface area contributed by atoms with Gasteiger partial charge in [0.25, 0.3) is 11.8 Å². The number of imide groups is 1. The Kier molecular flexibility index (Phi) is 4.04. The van der Waals surface area contributed by atoms with Gasteiger partial charge in [0.2, 0.25) is 0 Å². The molecule has 0 saturated heterocycles. The minimum absolute atomic E-state index is 0.0287. The van der Waals surface area contributed by atoms with Crippen LogP contribution in [0, 0.1) is 11.3 Å². The minimum Gasteiger partial charge on any atom is -0.344 e. The first-order chi connectivity index (χ1) is 13.3.